The second kappa shape index (κ2) is 4.50. The van der Waals surface area contributed by atoms with Gasteiger partial charge in [-0.1, -0.05) is 6.92 Å². The van der Waals surface area contributed by atoms with Crippen molar-refractivity contribution in [3.05, 3.63) is 21.8 Å². The van der Waals surface area contributed by atoms with Crippen molar-refractivity contribution >= 4 is 28.6 Å². The summed E-state index contributed by atoms with van der Waals surface area (Å²) in [6.07, 6.45) is 3.75. The molecule has 0 radical (unpaired) electrons. The van der Waals surface area contributed by atoms with Crippen molar-refractivity contribution in [2.45, 2.75) is 19.3 Å². The van der Waals surface area contributed by atoms with Crippen LogP contribution in [0.4, 0.5) is 0 Å². The monoisotopic (exact) mass is 292 g/mol. The number of aliphatic carboxylic acids is 1. The SMILES string of the molecule is CCC(C(=O)O)c1ncc(I)cn1. The van der Waals surface area contributed by atoms with E-state index in [1.807, 2.05) is 0 Å². The third-order valence-electron chi connectivity index (χ3n) is 1.66. The third-order valence-corrected chi connectivity index (χ3v) is 2.22. The Labute approximate surface area is 89.5 Å². The highest BCUT2D eigenvalue weighted by molar-refractivity contribution is 14.1. The third kappa shape index (κ3) is 2.61. The van der Waals surface area contributed by atoms with E-state index in [0.717, 1.165) is 3.57 Å². The van der Waals surface area contributed by atoms with Crippen LogP contribution in [0.2, 0.25) is 0 Å². The zero-order valence-corrected chi connectivity index (χ0v) is 9.22. The van der Waals surface area contributed by atoms with Crippen LogP contribution in [0.1, 0.15) is 25.1 Å². The van der Waals surface area contributed by atoms with Crippen molar-refractivity contribution in [1.82, 2.24) is 9.97 Å². The summed E-state index contributed by atoms with van der Waals surface area (Å²) in [7, 11) is 0. The Kier molecular flexibility index (Phi) is 3.58. The van der Waals surface area contributed by atoms with Gasteiger partial charge in [-0.25, -0.2) is 9.97 Å². The van der Waals surface area contributed by atoms with E-state index in [4.69, 9.17) is 5.11 Å². The smallest absolute Gasteiger partial charge is 0.314 e. The number of carbonyl (C=O) groups is 1. The highest BCUT2D eigenvalue weighted by Gasteiger charge is 2.19. The number of halogens is 1. The van der Waals surface area contributed by atoms with Crippen LogP contribution in [0.5, 0.6) is 0 Å². The van der Waals surface area contributed by atoms with E-state index in [0.29, 0.717) is 12.2 Å². The average Bonchev–Trinajstić information content (AvgIpc) is 2.09. The zero-order chi connectivity index (χ0) is 9.84. The summed E-state index contributed by atoms with van der Waals surface area (Å²) in [4.78, 5) is 18.7. The Bertz CT molecular complexity index is 300. The van der Waals surface area contributed by atoms with Gasteiger partial charge >= 0.3 is 5.97 Å². The van der Waals surface area contributed by atoms with Gasteiger partial charge < -0.3 is 5.11 Å². The first-order valence-corrected chi connectivity index (χ1v) is 4.93. The molecule has 0 aromatic carbocycles. The second-order valence-electron chi connectivity index (χ2n) is 2.56. The van der Waals surface area contributed by atoms with Gasteiger partial charge in [0, 0.05) is 16.0 Å². The normalized spacial score (nSPS) is 12.5. The molecule has 1 rings (SSSR count). The van der Waals surface area contributed by atoms with Crippen LogP contribution in [0.3, 0.4) is 0 Å². The first kappa shape index (κ1) is 10.4. The highest BCUT2D eigenvalue weighted by Crippen LogP contribution is 2.15. The highest BCUT2D eigenvalue weighted by atomic mass is 127. The van der Waals surface area contributed by atoms with Gasteiger partial charge in [-0.3, -0.25) is 4.79 Å². The second-order valence-corrected chi connectivity index (χ2v) is 3.80. The van der Waals surface area contributed by atoms with Gasteiger partial charge in [0.05, 0.1) is 0 Å². The van der Waals surface area contributed by atoms with E-state index in [2.05, 4.69) is 32.6 Å². The van der Waals surface area contributed by atoms with Crippen LogP contribution >= 0.6 is 22.6 Å². The van der Waals surface area contributed by atoms with Gasteiger partial charge in [0.15, 0.2) is 0 Å². The van der Waals surface area contributed by atoms with Crippen LogP contribution < -0.4 is 0 Å². The maximum atomic E-state index is 10.7. The summed E-state index contributed by atoms with van der Waals surface area (Å²) in [6.45, 7) is 1.81. The van der Waals surface area contributed by atoms with Crippen molar-refractivity contribution in [3.8, 4) is 0 Å². The molecule has 1 aromatic heterocycles. The predicted molar refractivity (Wildman–Crippen MR) is 55.4 cm³/mol. The topological polar surface area (TPSA) is 63.1 Å². The maximum absolute atomic E-state index is 10.7. The molecule has 1 N–H and O–H groups in total. The molecule has 0 saturated heterocycles. The average molecular weight is 292 g/mol. The molecule has 0 bridgehead atoms. The summed E-state index contributed by atoms with van der Waals surface area (Å²) in [6, 6.07) is 0. The number of aromatic nitrogens is 2. The fraction of sp³-hybridized carbons (Fsp3) is 0.375. The van der Waals surface area contributed by atoms with Crippen molar-refractivity contribution in [1.29, 1.82) is 0 Å². The molecule has 1 unspecified atom stereocenters. The summed E-state index contributed by atoms with van der Waals surface area (Å²) in [5.74, 6) is -1.07. The lowest BCUT2D eigenvalue weighted by molar-refractivity contribution is -0.139. The summed E-state index contributed by atoms with van der Waals surface area (Å²) < 4.78 is 0.904. The maximum Gasteiger partial charge on any atom is 0.314 e. The Morgan fingerprint density at radius 1 is 1.62 bits per heavy atom. The molecule has 0 saturated carbocycles. The van der Waals surface area contributed by atoms with E-state index in [1.54, 1.807) is 19.3 Å². The van der Waals surface area contributed by atoms with Gasteiger partial charge in [0.25, 0.3) is 0 Å². The van der Waals surface area contributed by atoms with E-state index in [1.165, 1.54) is 0 Å². The first-order valence-electron chi connectivity index (χ1n) is 3.85. The van der Waals surface area contributed by atoms with Gasteiger partial charge in [0.1, 0.15) is 11.7 Å². The number of carboxylic acids is 1. The van der Waals surface area contributed by atoms with E-state index in [-0.39, 0.29) is 0 Å². The predicted octanol–water partition coefficient (Wildman–Crippen LogP) is 1.66. The molecule has 0 fully saturated rings. The lowest BCUT2D eigenvalue weighted by Gasteiger charge is -2.06. The number of hydrogen-bond acceptors (Lipinski definition) is 3. The quantitative estimate of drug-likeness (QED) is 0.861. The Morgan fingerprint density at radius 3 is 2.54 bits per heavy atom. The fourth-order valence-electron chi connectivity index (χ4n) is 0.970. The molecule has 70 valence electrons. The Balaban J connectivity index is 2.92. The van der Waals surface area contributed by atoms with Crippen molar-refractivity contribution in [2.75, 3.05) is 0 Å². The van der Waals surface area contributed by atoms with Crippen LogP contribution in [-0.2, 0) is 4.79 Å². The lowest BCUT2D eigenvalue weighted by atomic mass is 10.1. The summed E-state index contributed by atoms with van der Waals surface area (Å²) in [5, 5.41) is 8.81. The molecule has 4 nitrogen and oxygen atoms in total. The van der Waals surface area contributed by atoms with E-state index >= 15 is 0 Å². The van der Waals surface area contributed by atoms with Crippen LogP contribution in [0, 0.1) is 3.57 Å². The van der Waals surface area contributed by atoms with Crippen molar-refractivity contribution in [3.63, 3.8) is 0 Å². The molecule has 0 aliphatic rings. The minimum Gasteiger partial charge on any atom is -0.481 e. The lowest BCUT2D eigenvalue weighted by Crippen LogP contribution is -2.13. The molecule has 0 amide bonds. The standard InChI is InChI=1S/C8H9IN2O2/c1-2-6(8(12)13)7-10-3-5(9)4-11-7/h3-4,6H,2H2,1H3,(H,12,13). The Morgan fingerprint density at radius 2 is 2.15 bits per heavy atom. The number of carboxylic acid groups (broad SMARTS) is 1. The van der Waals surface area contributed by atoms with E-state index < -0.39 is 11.9 Å². The largest absolute Gasteiger partial charge is 0.481 e. The number of hydrogen-bond donors (Lipinski definition) is 1. The van der Waals surface area contributed by atoms with E-state index in [9.17, 15) is 4.79 Å². The molecule has 1 aromatic rings. The van der Waals surface area contributed by atoms with Gasteiger partial charge in [-0.05, 0) is 29.0 Å². The van der Waals surface area contributed by atoms with Gasteiger partial charge in [0.2, 0.25) is 0 Å². The summed E-state index contributed by atoms with van der Waals surface area (Å²) in [5.41, 5.74) is 0. The van der Waals surface area contributed by atoms with Crippen molar-refractivity contribution in [2.24, 2.45) is 0 Å². The molecule has 0 aliphatic heterocycles. The summed E-state index contributed by atoms with van der Waals surface area (Å²) >= 11 is 2.08. The van der Waals surface area contributed by atoms with Gasteiger partial charge in [-0.15, -0.1) is 0 Å². The molecular weight excluding hydrogens is 283 g/mol. The Hall–Kier alpha value is -0.720. The molecule has 1 atom stereocenters. The molecule has 13 heavy (non-hydrogen) atoms. The fourth-order valence-corrected chi connectivity index (χ4v) is 1.25. The molecule has 0 aliphatic carbocycles. The molecule has 5 heteroatoms. The molecule has 0 spiro atoms. The minimum atomic E-state index is -0.872. The van der Waals surface area contributed by atoms with Crippen LogP contribution in [0.15, 0.2) is 12.4 Å². The molecule has 1 heterocycles. The number of rotatable bonds is 3. The molecular formula is C8H9IN2O2. The van der Waals surface area contributed by atoms with Gasteiger partial charge in [-0.2, -0.15) is 0 Å². The number of nitrogens with zero attached hydrogens (tertiary/aromatic N) is 2. The first-order chi connectivity index (χ1) is 6.15. The van der Waals surface area contributed by atoms with Crippen LogP contribution in [0.25, 0.3) is 0 Å². The van der Waals surface area contributed by atoms with Crippen molar-refractivity contribution < 1.29 is 9.90 Å². The zero-order valence-electron chi connectivity index (χ0n) is 7.07. The minimum absolute atomic E-state index is 0.385. The van der Waals surface area contributed by atoms with Crippen LogP contribution in [-0.4, -0.2) is 21.0 Å².